The highest BCUT2D eigenvalue weighted by molar-refractivity contribution is 5.46. The van der Waals surface area contributed by atoms with Gasteiger partial charge in [-0.2, -0.15) is 0 Å². The number of hydrogen-bond acceptors (Lipinski definition) is 4. The first-order valence-electron chi connectivity index (χ1n) is 6.18. The SMILES string of the molecule is COCCOCCOCCNc1c(F)cc(F)cc1F. The third kappa shape index (κ3) is 6.23. The van der Waals surface area contributed by atoms with Crippen LogP contribution in [0.3, 0.4) is 0 Å². The summed E-state index contributed by atoms with van der Waals surface area (Å²) >= 11 is 0. The van der Waals surface area contributed by atoms with Crippen molar-refractivity contribution in [2.24, 2.45) is 0 Å². The topological polar surface area (TPSA) is 39.7 Å². The molecule has 0 bridgehead atoms. The number of anilines is 1. The Bertz CT molecular complexity index is 381. The normalized spacial score (nSPS) is 10.8. The minimum absolute atomic E-state index is 0.206. The largest absolute Gasteiger partial charge is 0.382 e. The minimum Gasteiger partial charge on any atom is -0.382 e. The van der Waals surface area contributed by atoms with E-state index in [1.807, 2.05) is 0 Å². The van der Waals surface area contributed by atoms with Crippen LogP contribution < -0.4 is 5.32 Å². The summed E-state index contributed by atoms with van der Waals surface area (Å²) in [4.78, 5) is 0. The van der Waals surface area contributed by atoms with Crippen LogP contribution in [0.5, 0.6) is 0 Å². The fraction of sp³-hybridized carbons (Fsp3) is 0.538. The summed E-state index contributed by atoms with van der Waals surface area (Å²) in [5.41, 5.74) is -0.355. The van der Waals surface area contributed by atoms with Gasteiger partial charge in [-0.25, -0.2) is 13.2 Å². The second-order valence-corrected chi connectivity index (χ2v) is 3.89. The van der Waals surface area contributed by atoms with Gasteiger partial charge in [-0.05, 0) is 0 Å². The summed E-state index contributed by atoms with van der Waals surface area (Å²) in [6.45, 7) is 2.26. The number of benzene rings is 1. The second-order valence-electron chi connectivity index (χ2n) is 3.89. The van der Waals surface area contributed by atoms with E-state index in [1.165, 1.54) is 0 Å². The fourth-order valence-corrected chi connectivity index (χ4v) is 1.42. The zero-order chi connectivity index (χ0) is 14.8. The Morgan fingerprint density at radius 2 is 1.45 bits per heavy atom. The first-order chi connectivity index (χ1) is 9.65. The summed E-state index contributed by atoms with van der Waals surface area (Å²) in [7, 11) is 1.58. The standard InChI is InChI=1S/C13H18F3NO3/c1-18-4-5-20-7-6-19-3-2-17-13-11(15)8-10(14)9-12(13)16/h8-9,17H,2-7H2,1H3. The van der Waals surface area contributed by atoms with Gasteiger partial charge < -0.3 is 19.5 Å². The molecule has 0 heterocycles. The van der Waals surface area contributed by atoms with E-state index in [0.29, 0.717) is 38.6 Å². The molecule has 0 fully saturated rings. The lowest BCUT2D eigenvalue weighted by Crippen LogP contribution is -2.15. The van der Waals surface area contributed by atoms with Crippen LogP contribution in [0.1, 0.15) is 0 Å². The van der Waals surface area contributed by atoms with Gasteiger partial charge in [0.2, 0.25) is 0 Å². The van der Waals surface area contributed by atoms with Crippen molar-refractivity contribution in [1.29, 1.82) is 0 Å². The Morgan fingerprint density at radius 1 is 0.900 bits per heavy atom. The van der Waals surface area contributed by atoms with Crippen LogP contribution >= 0.6 is 0 Å². The molecule has 0 spiro atoms. The number of ether oxygens (including phenoxy) is 3. The van der Waals surface area contributed by atoms with E-state index in [9.17, 15) is 13.2 Å². The van der Waals surface area contributed by atoms with Crippen LogP contribution in [-0.2, 0) is 14.2 Å². The molecule has 0 aliphatic carbocycles. The lowest BCUT2D eigenvalue weighted by atomic mass is 10.3. The highest BCUT2D eigenvalue weighted by Crippen LogP contribution is 2.19. The Hall–Kier alpha value is -1.31. The van der Waals surface area contributed by atoms with E-state index in [1.54, 1.807) is 7.11 Å². The van der Waals surface area contributed by atoms with E-state index in [-0.39, 0.29) is 18.8 Å². The molecule has 0 aliphatic rings. The molecule has 0 radical (unpaired) electrons. The minimum atomic E-state index is -0.967. The number of rotatable bonds is 10. The summed E-state index contributed by atoms with van der Waals surface area (Å²) in [5, 5.41) is 2.52. The first-order valence-corrected chi connectivity index (χ1v) is 6.18. The molecule has 0 saturated heterocycles. The Kier molecular flexibility index (Phi) is 8.01. The second kappa shape index (κ2) is 9.57. The molecule has 1 aromatic rings. The van der Waals surface area contributed by atoms with E-state index < -0.39 is 17.5 Å². The molecule has 0 saturated carbocycles. The quantitative estimate of drug-likeness (QED) is 0.671. The van der Waals surface area contributed by atoms with Gasteiger partial charge in [0.1, 0.15) is 11.5 Å². The molecular weight excluding hydrogens is 275 g/mol. The summed E-state index contributed by atoms with van der Waals surface area (Å²) in [5.74, 6) is -2.88. The predicted molar refractivity (Wildman–Crippen MR) is 68.3 cm³/mol. The van der Waals surface area contributed by atoms with Crippen molar-refractivity contribution in [3.63, 3.8) is 0 Å². The summed E-state index contributed by atoms with van der Waals surface area (Å²) in [6, 6.07) is 1.24. The molecule has 0 aliphatic heterocycles. The van der Waals surface area contributed by atoms with Gasteiger partial charge in [0, 0.05) is 25.8 Å². The molecule has 0 amide bonds. The van der Waals surface area contributed by atoms with Crippen molar-refractivity contribution < 1.29 is 27.4 Å². The van der Waals surface area contributed by atoms with Crippen molar-refractivity contribution in [2.45, 2.75) is 0 Å². The molecule has 7 heteroatoms. The predicted octanol–water partition coefficient (Wildman–Crippen LogP) is 2.20. The summed E-state index contributed by atoms with van der Waals surface area (Å²) < 4.78 is 54.3. The zero-order valence-electron chi connectivity index (χ0n) is 11.3. The molecule has 1 aromatic carbocycles. The van der Waals surface area contributed by atoms with E-state index in [4.69, 9.17) is 14.2 Å². The highest BCUT2D eigenvalue weighted by atomic mass is 19.1. The fourth-order valence-electron chi connectivity index (χ4n) is 1.42. The molecule has 0 unspecified atom stereocenters. The molecular formula is C13H18F3NO3. The number of halogens is 3. The average molecular weight is 293 g/mol. The Labute approximate surface area is 115 Å². The highest BCUT2D eigenvalue weighted by Gasteiger charge is 2.10. The van der Waals surface area contributed by atoms with Gasteiger partial charge in [0.05, 0.1) is 33.0 Å². The van der Waals surface area contributed by atoms with E-state index >= 15 is 0 Å². The monoisotopic (exact) mass is 293 g/mol. The van der Waals surface area contributed by atoms with Crippen molar-refractivity contribution in [3.8, 4) is 0 Å². The molecule has 1 N–H and O–H groups in total. The van der Waals surface area contributed by atoms with Gasteiger partial charge in [-0.15, -0.1) is 0 Å². The van der Waals surface area contributed by atoms with Gasteiger partial charge in [-0.1, -0.05) is 0 Å². The summed E-state index contributed by atoms with van der Waals surface area (Å²) in [6.07, 6.45) is 0. The maximum absolute atomic E-state index is 13.2. The van der Waals surface area contributed by atoms with Gasteiger partial charge in [0.15, 0.2) is 11.6 Å². The Morgan fingerprint density at radius 3 is 2.05 bits per heavy atom. The molecule has 1 rings (SSSR count). The smallest absolute Gasteiger partial charge is 0.152 e. The third-order valence-electron chi connectivity index (χ3n) is 2.36. The van der Waals surface area contributed by atoms with E-state index in [0.717, 1.165) is 0 Å². The van der Waals surface area contributed by atoms with Gasteiger partial charge >= 0.3 is 0 Å². The zero-order valence-corrected chi connectivity index (χ0v) is 11.3. The van der Waals surface area contributed by atoms with Crippen LogP contribution in [0.2, 0.25) is 0 Å². The van der Waals surface area contributed by atoms with E-state index in [2.05, 4.69) is 5.32 Å². The maximum Gasteiger partial charge on any atom is 0.152 e. The van der Waals surface area contributed by atoms with Crippen LogP contribution in [-0.4, -0.2) is 46.7 Å². The van der Waals surface area contributed by atoms with Crippen LogP contribution in [0.4, 0.5) is 18.9 Å². The molecule has 0 aromatic heterocycles. The van der Waals surface area contributed by atoms with Crippen molar-refractivity contribution >= 4 is 5.69 Å². The van der Waals surface area contributed by atoms with Gasteiger partial charge in [-0.3, -0.25) is 0 Å². The number of nitrogens with one attached hydrogen (secondary N) is 1. The molecule has 114 valence electrons. The van der Waals surface area contributed by atoms with Crippen LogP contribution in [0.25, 0.3) is 0 Å². The Balaban J connectivity index is 2.13. The number of methoxy groups -OCH3 is 1. The molecule has 20 heavy (non-hydrogen) atoms. The lowest BCUT2D eigenvalue weighted by Gasteiger charge is -2.09. The van der Waals surface area contributed by atoms with Crippen molar-refractivity contribution in [3.05, 3.63) is 29.6 Å². The lowest BCUT2D eigenvalue weighted by molar-refractivity contribution is 0.0272. The maximum atomic E-state index is 13.2. The average Bonchev–Trinajstić information content (AvgIpc) is 2.39. The number of hydrogen-bond donors (Lipinski definition) is 1. The first kappa shape index (κ1) is 16.7. The van der Waals surface area contributed by atoms with Crippen molar-refractivity contribution in [1.82, 2.24) is 0 Å². The molecule has 4 nitrogen and oxygen atoms in total. The van der Waals surface area contributed by atoms with Gasteiger partial charge in [0.25, 0.3) is 0 Å². The van der Waals surface area contributed by atoms with Crippen LogP contribution in [0, 0.1) is 17.5 Å². The molecule has 0 atom stereocenters. The third-order valence-corrected chi connectivity index (χ3v) is 2.36. The van der Waals surface area contributed by atoms with Crippen molar-refractivity contribution in [2.75, 3.05) is 52.0 Å². The van der Waals surface area contributed by atoms with Crippen LogP contribution in [0.15, 0.2) is 12.1 Å².